The molecule has 0 aliphatic rings. The van der Waals surface area contributed by atoms with Crippen LogP contribution < -0.4 is 10.6 Å². The minimum absolute atomic E-state index is 0.118. The first-order chi connectivity index (χ1) is 10.5. The quantitative estimate of drug-likeness (QED) is 0.790. The minimum atomic E-state index is -0.135. The molecule has 2 aromatic rings. The van der Waals surface area contributed by atoms with Crippen molar-refractivity contribution in [1.82, 2.24) is 0 Å². The highest BCUT2D eigenvalue weighted by molar-refractivity contribution is 6.43. The van der Waals surface area contributed by atoms with Gasteiger partial charge in [-0.05, 0) is 29.7 Å². The Morgan fingerprint density at radius 1 is 1.05 bits per heavy atom. The van der Waals surface area contributed by atoms with Crippen LogP contribution in [0, 0.1) is 0 Å². The lowest BCUT2D eigenvalue weighted by molar-refractivity contribution is -0.114. The molecule has 0 bridgehead atoms. The van der Waals surface area contributed by atoms with E-state index >= 15 is 0 Å². The monoisotopic (exact) mass is 336 g/mol. The van der Waals surface area contributed by atoms with Crippen molar-refractivity contribution in [2.75, 3.05) is 17.2 Å². The van der Waals surface area contributed by atoms with Gasteiger partial charge in [0.25, 0.3) is 0 Å². The number of anilines is 2. The molecule has 3 nitrogen and oxygen atoms in total. The number of carbonyl (C=O) groups excluding carboxylic acids is 1. The molecule has 0 radical (unpaired) electrons. The first kappa shape index (κ1) is 16.7. The van der Waals surface area contributed by atoms with Crippen LogP contribution in [0.25, 0.3) is 0 Å². The van der Waals surface area contributed by atoms with Crippen molar-refractivity contribution in [3.63, 3.8) is 0 Å². The van der Waals surface area contributed by atoms with Gasteiger partial charge in [-0.3, -0.25) is 4.79 Å². The Balaban J connectivity index is 2.01. The predicted molar refractivity (Wildman–Crippen MR) is 94.1 cm³/mol. The maximum atomic E-state index is 12.1. The van der Waals surface area contributed by atoms with Crippen LogP contribution in [-0.4, -0.2) is 12.5 Å². The normalized spacial score (nSPS) is 10.6. The van der Waals surface area contributed by atoms with Crippen molar-refractivity contribution in [2.45, 2.75) is 19.8 Å². The molecule has 0 atom stereocenters. The standard InChI is InChI=1S/C17H18Cl2N2O/c1-11(2)12-6-3-4-8-14(12)21-16(22)10-20-15-9-5-7-13(18)17(15)19/h3-9,11,20H,10H2,1-2H3,(H,21,22). The lowest BCUT2D eigenvalue weighted by atomic mass is 10.0. The minimum Gasteiger partial charge on any atom is -0.375 e. The second kappa shape index (κ2) is 7.52. The number of carbonyl (C=O) groups is 1. The Bertz CT molecular complexity index is 671. The Morgan fingerprint density at radius 2 is 1.73 bits per heavy atom. The van der Waals surface area contributed by atoms with Gasteiger partial charge < -0.3 is 10.6 Å². The van der Waals surface area contributed by atoms with E-state index in [1.54, 1.807) is 18.2 Å². The fraction of sp³-hybridized carbons (Fsp3) is 0.235. The molecule has 116 valence electrons. The molecule has 2 N–H and O–H groups in total. The van der Waals surface area contributed by atoms with Crippen LogP contribution in [0.1, 0.15) is 25.3 Å². The van der Waals surface area contributed by atoms with Crippen LogP contribution in [0.2, 0.25) is 10.0 Å². The van der Waals surface area contributed by atoms with E-state index in [1.807, 2.05) is 24.3 Å². The maximum Gasteiger partial charge on any atom is 0.243 e. The molecular formula is C17H18Cl2N2O. The van der Waals surface area contributed by atoms with Crippen molar-refractivity contribution >= 4 is 40.5 Å². The van der Waals surface area contributed by atoms with Crippen molar-refractivity contribution in [3.8, 4) is 0 Å². The first-order valence-electron chi connectivity index (χ1n) is 7.05. The highest BCUT2D eigenvalue weighted by atomic mass is 35.5. The van der Waals surface area contributed by atoms with Gasteiger partial charge in [-0.15, -0.1) is 0 Å². The average molecular weight is 337 g/mol. The summed E-state index contributed by atoms with van der Waals surface area (Å²) in [4.78, 5) is 12.1. The van der Waals surface area contributed by atoms with E-state index in [2.05, 4.69) is 24.5 Å². The molecule has 0 spiro atoms. The molecule has 2 rings (SSSR count). The predicted octanol–water partition coefficient (Wildman–Crippen LogP) is 5.17. The number of rotatable bonds is 5. The van der Waals surface area contributed by atoms with E-state index < -0.39 is 0 Å². The zero-order valence-electron chi connectivity index (χ0n) is 12.5. The van der Waals surface area contributed by atoms with Gasteiger partial charge in [0.1, 0.15) is 0 Å². The van der Waals surface area contributed by atoms with Crippen molar-refractivity contribution in [2.24, 2.45) is 0 Å². The number of nitrogens with one attached hydrogen (secondary N) is 2. The second-order valence-corrected chi connectivity index (χ2v) is 6.03. The molecule has 5 heteroatoms. The maximum absolute atomic E-state index is 12.1. The molecule has 0 heterocycles. The third-order valence-electron chi connectivity index (χ3n) is 3.25. The van der Waals surface area contributed by atoms with Gasteiger partial charge in [0.05, 0.1) is 22.3 Å². The van der Waals surface area contributed by atoms with E-state index in [0.717, 1.165) is 11.3 Å². The summed E-state index contributed by atoms with van der Waals surface area (Å²) in [5, 5.41) is 6.78. The number of para-hydroxylation sites is 1. The van der Waals surface area contributed by atoms with E-state index in [1.165, 1.54) is 0 Å². The average Bonchev–Trinajstić information content (AvgIpc) is 2.49. The van der Waals surface area contributed by atoms with E-state index in [-0.39, 0.29) is 12.5 Å². The molecule has 0 fully saturated rings. The van der Waals surface area contributed by atoms with E-state index in [4.69, 9.17) is 23.2 Å². The largest absolute Gasteiger partial charge is 0.375 e. The van der Waals surface area contributed by atoms with E-state index in [0.29, 0.717) is 21.7 Å². The fourth-order valence-corrected chi connectivity index (χ4v) is 2.49. The van der Waals surface area contributed by atoms with Gasteiger partial charge in [-0.1, -0.05) is 61.3 Å². The van der Waals surface area contributed by atoms with E-state index in [9.17, 15) is 4.79 Å². The van der Waals surface area contributed by atoms with Gasteiger partial charge in [0.15, 0.2) is 0 Å². The molecule has 0 saturated carbocycles. The lowest BCUT2D eigenvalue weighted by Crippen LogP contribution is -2.22. The molecule has 0 saturated heterocycles. The Morgan fingerprint density at radius 3 is 2.45 bits per heavy atom. The van der Waals surface area contributed by atoms with Crippen molar-refractivity contribution in [1.29, 1.82) is 0 Å². The highest BCUT2D eigenvalue weighted by Crippen LogP contribution is 2.29. The third-order valence-corrected chi connectivity index (χ3v) is 4.07. The SMILES string of the molecule is CC(C)c1ccccc1NC(=O)CNc1cccc(Cl)c1Cl. The Labute approximate surface area is 140 Å². The summed E-state index contributed by atoms with van der Waals surface area (Å²) in [7, 11) is 0. The molecule has 0 unspecified atom stereocenters. The summed E-state index contributed by atoms with van der Waals surface area (Å²) in [6.07, 6.45) is 0. The van der Waals surface area contributed by atoms with Crippen LogP contribution in [0.5, 0.6) is 0 Å². The molecule has 0 aromatic heterocycles. The van der Waals surface area contributed by atoms with Crippen molar-refractivity contribution < 1.29 is 4.79 Å². The smallest absolute Gasteiger partial charge is 0.243 e. The lowest BCUT2D eigenvalue weighted by Gasteiger charge is -2.14. The Kier molecular flexibility index (Phi) is 5.69. The van der Waals surface area contributed by atoms with Gasteiger partial charge in [-0.2, -0.15) is 0 Å². The molecule has 2 aromatic carbocycles. The second-order valence-electron chi connectivity index (χ2n) is 5.25. The van der Waals surface area contributed by atoms with Crippen LogP contribution in [0.4, 0.5) is 11.4 Å². The van der Waals surface area contributed by atoms with Gasteiger partial charge >= 0.3 is 0 Å². The number of amides is 1. The zero-order valence-corrected chi connectivity index (χ0v) is 14.0. The number of halogens is 2. The van der Waals surface area contributed by atoms with Gasteiger partial charge in [-0.25, -0.2) is 0 Å². The molecule has 0 aliphatic heterocycles. The summed E-state index contributed by atoms with van der Waals surface area (Å²) in [6, 6.07) is 13.1. The van der Waals surface area contributed by atoms with Crippen LogP contribution in [0.15, 0.2) is 42.5 Å². The zero-order chi connectivity index (χ0) is 16.1. The molecule has 22 heavy (non-hydrogen) atoms. The fourth-order valence-electron chi connectivity index (χ4n) is 2.12. The molecule has 0 aliphatic carbocycles. The van der Waals surface area contributed by atoms with Crippen LogP contribution in [-0.2, 0) is 4.79 Å². The van der Waals surface area contributed by atoms with Crippen molar-refractivity contribution in [3.05, 3.63) is 58.1 Å². The summed E-state index contributed by atoms with van der Waals surface area (Å²) >= 11 is 12.0. The number of hydrogen-bond donors (Lipinski definition) is 2. The summed E-state index contributed by atoms with van der Waals surface area (Å²) in [6.45, 7) is 4.30. The summed E-state index contributed by atoms with van der Waals surface area (Å²) in [5.74, 6) is 0.205. The highest BCUT2D eigenvalue weighted by Gasteiger charge is 2.10. The van der Waals surface area contributed by atoms with Crippen LogP contribution in [0.3, 0.4) is 0 Å². The summed E-state index contributed by atoms with van der Waals surface area (Å²) < 4.78 is 0. The first-order valence-corrected chi connectivity index (χ1v) is 7.81. The topological polar surface area (TPSA) is 41.1 Å². The number of benzene rings is 2. The van der Waals surface area contributed by atoms with Gasteiger partial charge in [0.2, 0.25) is 5.91 Å². The Hall–Kier alpha value is -1.71. The molecule has 1 amide bonds. The van der Waals surface area contributed by atoms with Crippen LogP contribution >= 0.6 is 23.2 Å². The summed E-state index contributed by atoms with van der Waals surface area (Å²) in [5.41, 5.74) is 2.58. The number of hydrogen-bond acceptors (Lipinski definition) is 2. The third kappa shape index (κ3) is 4.15. The van der Waals surface area contributed by atoms with Gasteiger partial charge in [0, 0.05) is 5.69 Å². The molecular weight excluding hydrogens is 319 g/mol.